The van der Waals surface area contributed by atoms with Gasteiger partial charge in [-0.1, -0.05) is 12.1 Å². The molecule has 1 aliphatic rings. The Morgan fingerprint density at radius 2 is 2.03 bits per heavy atom. The Labute approximate surface area is 169 Å². The third-order valence-electron chi connectivity index (χ3n) is 5.29. The van der Waals surface area contributed by atoms with Crippen LogP contribution in [0.4, 0.5) is 5.95 Å². The van der Waals surface area contributed by atoms with Gasteiger partial charge >= 0.3 is 0 Å². The maximum atomic E-state index is 12.8. The van der Waals surface area contributed by atoms with Crippen molar-refractivity contribution in [2.45, 2.75) is 19.4 Å². The minimum Gasteiger partial charge on any atom is -0.493 e. The highest BCUT2D eigenvalue weighted by Gasteiger charge is 2.28. The van der Waals surface area contributed by atoms with Crippen molar-refractivity contribution in [1.29, 1.82) is 0 Å². The van der Waals surface area contributed by atoms with E-state index in [1.165, 1.54) is 0 Å². The van der Waals surface area contributed by atoms with Gasteiger partial charge in [0.25, 0.3) is 0 Å². The Kier molecular flexibility index (Phi) is 5.50. The minimum absolute atomic E-state index is 0.0540. The third-order valence-corrected chi connectivity index (χ3v) is 5.29. The zero-order valence-electron chi connectivity index (χ0n) is 16.7. The van der Waals surface area contributed by atoms with Crippen molar-refractivity contribution in [2.75, 3.05) is 32.2 Å². The number of benzene rings is 1. The Hall–Kier alpha value is -3.29. The Morgan fingerprint density at radius 1 is 1.17 bits per heavy atom. The number of nitrogens with one attached hydrogen (secondary N) is 1. The number of hydrogen-bond donors (Lipinski definition) is 1. The Morgan fingerprint density at radius 3 is 2.86 bits per heavy atom. The fraction of sp³-hybridized carbons (Fsp3) is 0.381. The number of carbonyl (C=O) groups is 1. The molecule has 1 fully saturated rings. The summed E-state index contributed by atoms with van der Waals surface area (Å²) >= 11 is 0. The maximum absolute atomic E-state index is 12.8. The first kappa shape index (κ1) is 19.0. The number of ether oxygens (including phenoxy) is 2. The highest BCUT2D eigenvalue weighted by atomic mass is 16.5. The molecule has 8 heteroatoms. The maximum Gasteiger partial charge on any atom is 0.231 e. The molecule has 1 atom stereocenters. The van der Waals surface area contributed by atoms with Crippen LogP contribution in [-0.4, -0.2) is 47.8 Å². The molecule has 2 aromatic heterocycles. The highest BCUT2D eigenvalue weighted by Crippen LogP contribution is 2.27. The van der Waals surface area contributed by atoms with Crippen molar-refractivity contribution in [2.24, 2.45) is 5.92 Å². The molecule has 3 heterocycles. The summed E-state index contributed by atoms with van der Waals surface area (Å²) in [6, 6.07) is 11.5. The fourth-order valence-corrected chi connectivity index (χ4v) is 3.74. The standard InChI is InChI=1S/C21H25N5O3/c1-28-17-9-8-15(12-18(17)29-2)13-22-20(27)16-6-5-10-25(14-16)21-24-23-19-7-3-4-11-26(19)21/h3-4,7-9,11-12,16H,5-6,10,13-14H2,1-2H3,(H,22,27)/t16-/m1/s1. The minimum atomic E-state index is -0.0834. The molecule has 3 aromatic rings. The molecule has 1 amide bonds. The molecule has 8 nitrogen and oxygen atoms in total. The summed E-state index contributed by atoms with van der Waals surface area (Å²) in [5.74, 6) is 2.09. The summed E-state index contributed by atoms with van der Waals surface area (Å²) in [6.07, 6.45) is 3.76. The normalized spacial score (nSPS) is 16.6. The number of methoxy groups -OCH3 is 2. The lowest BCUT2D eigenvalue weighted by atomic mass is 9.97. The van der Waals surface area contributed by atoms with Crippen LogP contribution in [0.3, 0.4) is 0 Å². The van der Waals surface area contributed by atoms with E-state index < -0.39 is 0 Å². The van der Waals surface area contributed by atoms with Crippen molar-refractivity contribution in [1.82, 2.24) is 19.9 Å². The number of rotatable bonds is 6. The molecule has 0 saturated carbocycles. The van der Waals surface area contributed by atoms with Gasteiger partial charge in [0.05, 0.1) is 20.1 Å². The largest absolute Gasteiger partial charge is 0.493 e. The van der Waals surface area contributed by atoms with Gasteiger partial charge in [0.2, 0.25) is 11.9 Å². The van der Waals surface area contributed by atoms with E-state index in [-0.39, 0.29) is 11.8 Å². The van der Waals surface area contributed by atoms with Crippen LogP contribution >= 0.6 is 0 Å². The lowest BCUT2D eigenvalue weighted by Crippen LogP contribution is -2.43. The number of piperidine rings is 1. The molecule has 0 spiro atoms. The number of carbonyl (C=O) groups excluding carboxylic acids is 1. The molecule has 152 valence electrons. The van der Waals surface area contributed by atoms with Crippen molar-refractivity contribution >= 4 is 17.5 Å². The van der Waals surface area contributed by atoms with E-state index in [0.717, 1.165) is 36.5 Å². The topological polar surface area (TPSA) is 81.0 Å². The molecule has 1 aromatic carbocycles. The van der Waals surface area contributed by atoms with Gasteiger partial charge in [-0.3, -0.25) is 9.20 Å². The third kappa shape index (κ3) is 3.96. The second-order valence-corrected chi connectivity index (χ2v) is 7.12. The monoisotopic (exact) mass is 395 g/mol. The molecule has 0 unspecified atom stereocenters. The predicted molar refractivity (Wildman–Crippen MR) is 109 cm³/mol. The second-order valence-electron chi connectivity index (χ2n) is 7.12. The van der Waals surface area contributed by atoms with E-state index >= 15 is 0 Å². The molecule has 0 radical (unpaired) electrons. The molecule has 1 saturated heterocycles. The molecular formula is C21H25N5O3. The van der Waals surface area contributed by atoms with Gasteiger partial charge < -0.3 is 19.7 Å². The lowest BCUT2D eigenvalue weighted by molar-refractivity contribution is -0.125. The summed E-state index contributed by atoms with van der Waals surface area (Å²) < 4.78 is 12.6. The SMILES string of the molecule is COc1ccc(CNC(=O)[C@@H]2CCCN(c3nnc4ccccn34)C2)cc1OC. The van der Waals surface area contributed by atoms with E-state index in [4.69, 9.17) is 9.47 Å². The molecule has 29 heavy (non-hydrogen) atoms. The number of fused-ring (bicyclic) bond motifs is 1. The van der Waals surface area contributed by atoms with Gasteiger partial charge in [0.15, 0.2) is 17.1 Å². The van der Waals surface area contributed by atoms with Gasteiger partial charge in [-0.2, -0.15) is 0 Å². The second kappa shape index (κ2) is 8.38. The van der Waals surface area contributed by atoms with Crippen LogP contribution in [0.1, 0.15) is 18.4 Å². The lowest BCUT2D eigenvalue weighted by Gasteiger charge is -2.32. The van der Waals surface area contributed by atoms with Crippen LogP contribution in [0.15, 0.2) is 42.6 Å². The summed E-state index contributed by atoms with van der Waals surface area (Å²) in [5.41, 5.74) is 1.77. The quantitative estimate of drug-likeness (QED) is 0.690. The highest BCUT2D eigenvalue weighted by molar-refractivity contribution is 5.79. The summed E-state index contributed by atoms with van der Waals surface area (Å²) in [6.45, 7) is 1.95. The molecule has 0 bridgehead atoms. The van der Waals surface area contributed by atoms with Gasteiger partial charge in [-0.05, 0) is 42.7 Å². The van der Waals surface area contributed by atoms with Gasteiger partial charge in [0.1, 0.15) is 0 Å². The first-order chi connectivity index (χ1) is 14.2. The van der Waals surface area contributed by atoms with Gasteiger partial charge in [-0.25, -0.2) is 0 Å². The zero-order valence-corrected chi connectivity index (χ0v) is 16.7. The van der Waals surface area contributed by atoms with Crippen LogP contribution in [-0.2, 0) is 11.3 Å². The van der Waals surface area contributed by atoms with Crippen molar-refractivity contribution < 1.29 is 14.3 Å². The van der Waals surface area contributed by atoms with Crippen LogP contribution in [0.2, 0.25) is 0 Å². The zero-order chi connectivity index (χ0) is 20.2. The van der Waals surface area contributed by atoms with E-state index in [1.807, 2.05) is 47.0 Å². The number of pyridine rings is 1. The molecule has 4 rings (SSSR count). The van der Waals surface area contributed by atoms with Crippen LogP contribution in [0.5, 0.6) is 11.5 Å². The number of anilines is 1. The first-order valence-electron chi connectivity index (χ1n) is 9.73. The van der Waals surface area contributed by atoms with Gasteiger partial charge in [0, 0.05) is 25.8 Å². The van der Waals surface area contributed by atoms with Gasteiger partial charge in [-0.15, -0.1) is 10.2 Å². The number of hydrogen-bond acceptors (Lipinski definition) is 6. The van der Waals surface area contributed by atoms with E-state index in [9.17, 15) is 4.79 Å². The van der Waals surface area contributed by atoms with Crippen LogP contribution in [0, 0.1) is 5.92 Å². The van der Waals surface area contributed by atoms with E-state index in [2.05, 4.69) is 20.4 Å². The predicted octanol–water partition coefficient (Wildman–Crippen LogP) is 2.28. The number of nitrogens with zero attached hydrogens (tertiary/aromatic N) is 4. The molecule has 0 aliphatic carbocycles. The molecule has 1 aliphatic heterocycles. The van der Waals surface area contributed by atoms with Crippen molar-refractivity contribution in [3.8, 4) is 11.5 Å². The smallest absolute Gasteiger partial charge is 0.231 e. The van der Waals surface area contributed by atoms with E-state index in [0.29, 0.717) is 24.6 Å². The summed E-state index contributed by atoms with van der Waals surface area (Å²) in [4.78, 5) is 14.9. The average Bonchev–Trinajstić information content (AvgIpc) is 3.21. The summed E-state index contributed by atoms with van der Waals surface area (Å²) in [7, 11) is 3.21. The number of amides is 1. The molecule has 1 N–H and O–H groups in total. The first-order valence-corrected chi connectivity index (χ1v) is 9.73. The Balaban J connectivity index is 1.40. The fourth-order valence-electron chi connectivity index (χ4n) is 3.74. The van der Waals surface area contributed by atoms with Crippen molar-refractivity contribution in [3.05, 3.63) is 48.2 Å². The number of aromatic nitrogens is 3. The van der Waals surface area contributed by atoms with Crippen LogP contribution < -0.4 is 19.7 Å². The van der Waals surface area contributed by atoms with Crippen LogP contribution in [0.25, 0.3) is 5.65 Å². The Bertz CT molecular complexity index is 1000. The van der Waals surface area contributed by atoms with Crippen molar-refractivity contribution in [3.63, 3.8) is 0 Å². The van der Waals surface area contributed by atoms with E-state index in [1.54, 1.807) is 14.2 Å². The summed E-state index contributed by atoms with van der Waals surface area (Å²) in [5, 5.41) is 11.6. The average molecular weight is 395 g/mol. The molecular weight excluding hydrogens is 370 g/mol.